The number of hydrogen-bond donors (Lipinski definition) is 0. The minimum atomic E-state index is -0.0744. The first kappa shape index (κ1) is 17.3. The number of nitrogens with zero attached hydrogens (tertiary/aromatic N) is 2. The van der Waals surface area contributed by atoms with Crippen LogP contribution in [0.5, 0.6) is 5.75 Å². The quantitative estimate of drug-likeness (QED) is 0.693. The summed E-state index contributed by atoms with van der Waals surface area (Å²) in [5.74, 6) is 1.87. The maximum atomic E-state index is 12.1. The molecule has 0 aliphatic carbocycles. The fourth-order valence-corrected chi connectivity index (χ4v) is 2.91. The Hall–Kier alpha value is -3.12. The molecule has 2 aromatic heterocycles. The molecule has 27 heavy (non-hydrogen) atoms. The van der Waals surface area contributed by atoms with Gasteiger partial charge in [0, 0.05) is 48.7 Å². The maximum Gasteiger partial charge on any atom is 0.200 e. The van der Waals surface area contributed by atoms with Gasteiger partial charge in [0.2, 0.25) is 0 Å². The van der Waals surface area contributed by atoms with E-state index >= 15 is 0 Å². The van der Waals surface area contributed by atoms with Gasteiger partial charge in [-0.25, -0.2) is 0 Å². The van der Waals surface area contributed by atoms with Gasteiger partial charge in [-0.1, -0.05) is 6.07 Å². The van der Waals surface area contributed by atoms with E-state index in [4.69, 9.17) is 13.9 Å². The Morgan fingerprint density at radius 1 is 1.07 bits per heavy atom. The minimum absolute atomic E-state index is 0.0744. The summed E-state index contributed by atoms with van der Waals surface area (Å²) in [6.07, 6.45) is 3.51. The minimum Gasteiger partial charge on any atom is -0.489 e. The number of hydrogen-bond acceptors (Lipinski definition) is 6. The summed E-state index contributed by atoms with van der Waals surface area (Å²) >= 11 is 0. The largest absolute Gasteiger partial charge is 0.489 e. The summed E-state index contributed by atoms with van der Waals surface area (Å²) in [5, 5.41) is 0. The fraction of sp³-hybridized carbons (Fsp3) is 0.238. The van der Waals surface area contributed by atoms with Crippen molar-refractivity contribution in [1.82, 2.24) is 4.98 Å². The van der Waals surface area contributed by atoms with Crippen LogP contribution in [0.15, 0.2) is 70.1 Å². The lowest BCUT2D eigenvalue weighted by atomic mass is 10.1. The zero-order valence-corrected chi connectivity index (χ0v) is 14.8. The molecule has 0 atom stereocenters. The van der Waals surface area contributed by atoms with Crippen LogP contribution >= 0.6 is 0 Å². The van der Waals surface area contributed by atoms with E-state index in [2.05, 4.69) is 4.98 Å². The van der Waals surface area contributed by atoms with Crippen molar-refractivity contribution in [2.45, 2.75) is 6.61 Å². The van der Waals surface area contributed by atoms with Gasteiger partial charge in [-0.2, -0.15) is 0 Å². The second-order valence-corrected chi connectivity index (χ2v) is 6.27. The lowest BCUT2D eigenvalue weighted by Gasteiger charge is -2.27. The van der Waals surface area contributed by atoms with E-state index in [9.17, 15) is 4.79 Å². The lowest BCUT2D eigenvalue weighted by molar-refractivity contribution is 0.120. The predicted molar refractivity (Wildman–Crippen MR) is 102 cm³/mol. The van der Waals surface area contributed by atoms with Gasteiger partial charge in [0.05, 0.1) is 13.2 Å². The Bertz CT molecular complexity index is 932. The van der Waals surface area contributed by atoms with Crippen molar-refractivity contribution in [2.24, 2.45) is 0 Å². The predicted octanol–water partition coefficient (Wildman–Crippen LogP) is 3.12. The third-order valence-corrected chi connectivity index (χ3v) is 4.34. The van der Waals surface area contributed by atoms with Crippen molar-refractivity contribution in [3.05, 3.63) is 76.7 Å². The number of morpholine rings is 1. The molecule has 0 amide bonds. The van der Waals surface area contributed by atoms with Crippen molar-refractivity contribution in [1.29, 1.82) is 0 Å². The van der Waals surface area contributed by atoms with Crippen LogP contribution in [0.3, 0.4) is 0 Å². The number of aromatic nitrogens is 1. The van der Waals surface area contributed by atoms with E-state index in [1.54, 1.807) is 12.4 Å². The van der Waals surface area contributed by atoms with Crippen LogP contribution in [0.1, 0.15) is 5.56 Å². The Morgan fingerprint density at radius 2 is 1.89 bits per heavy atom. The van der Waals surface area contributed by atoms with Gasteiger partial charge in [0.1, 0.15) is 18.1 Å². The van der Waals surface area contributed by atoms with Crippen molar-refractivity contribution in [3.63, 3.8) is 0 Å². The Kier molecular flexibility index (Phi) is 5.16. The molecule has 1 aromatic carbocycles. The summed E-state index contributed by atoms with van der Waals surface area (Å²) in [5.41, 5.74) is 1.76. The average Bonchev–Trinajstić information content (AvgIpc) is 2.73. The lowest BCUT2D eigenvalue weighted by Crippen LogP contribution is -2.36. The molecule has 1 fully saturated rings. The topological polar surface area (TPSA) is 64.8 Å². The van der Waals surface area contributed by atoms with E-state index in [0.717, 1.165) is 16.9 Å². The van der Waals surface area contributed by atoms with Crippen molar-refractivity contribution in [3.8, 4) is 17.1 Å². The Balaban J connectivity index is 1.49. The molecule has 0 radical (unpaired) electrons. The molecule has 0 N–H and O–H groups in total. The molecular weight excluding hydrogens is 344 g/mol. The zero-order chi connectivity index (χ0) is 18.5. The molecular formula is C21H20N2O4. The van der Waals surface area contributed by atoms with Crippen LogP contribution in [-0.2, 0) is 11.3 Å². The van der Waals surface area contributed by atoms with Gasteiger partial charge in [-0.3, -0.25) is 9.78 Å². The molecule has 1 saturated heterocycles. The van der Waals surface area contributed by atoms with Crippen LogP contribution < -0.4 is 15.1 Å². The van der Waals surface area contributed by atoms with Crippen molar-refractivity contribution in [2.75, 3.05) is 31.2 Å². The van der Waals surface area contributed by atoms with Crippen LogP contribution in [-0.4, -0.2) is 31.3 Å². The van der Waals surface area contributed by atoms with E-state index in [0.29, 0.717) is 44.6 Å². The van der Waals surface area contributed by atoms with Gasteiger partial charge in [0.15, 0.2) is 11.3 Å². The molecule has 6 heteroatoms. The first-order valence-electron chi connectivity index (χ1n) is 8.88. The summed E-state index contributed by atoms with van der Waals surface area (Å²) in [6, 6.07) is 14.4. The van der Waals surface area contributed by atoms with Gasteiger partial charge in [-0.05, 0) is 30.3 Å². The normalized spacial score (nSPS) is 14.1. The molecule has 4 rings (SSSR count). The van der Waals surface area contributed by atoms with Crippen LogP contribution in [0.2, 0.25) is 0 Å². The first-order chi connectivity index (χ1) is 13.3. The molecule has 6 nitrogen and oxygen atoms in total. The smallest absolute Gasteiger partial charge is 0.200 e. The first-order valence-corrected chi connectivity index (χ1v) is 8.88. The monoisotopic (exact) mass is 364 g/mol. The molecule has 3 heterocycles. The van der Waals surface area contributed by atoms with Crippen LogP contribution in [0, 0.1) is 0 Å². The fourth-order valence-electron chi connectivity index (χ4n) is 2.91. The highest BCUT2D eigenvalue weighted by atomic mass is 16.5. The number of anilines is 1. The molecule has 138 valence electrons. The zero-order valence-electron chi connectivity index (χ0n) is 14.8. The number of ether oxygens (including phenoxy) is 2. The number of benzene rings is 1. The number of pyridine rings is 1. The second-order valence-electron chi connectivity index (χ2n) is 6.27. The average molecular weight is 364 g/mol. The van der Waals surface area contributed by atoms with E-state index in [1.165, 1.54) is 12.1 Å². The van der Waals surface area contributed by atoms with Crippen LogP contribution in [0.25, 0.3) is 11.3 Å². The summed E-state index contributed by atoms with van der Waals surface area (Å²) < 4.78 is 17.1. The molecule has 3 aromatic rings. The van der Waals surface area contributed by atoms with E-state index in [-0.39, 0.29) is 5.43 Å². The molecule has 0 unspecified atom stereocenters. The summed E-state index contributed by atoms with van der Waals surface area (Å²) in [7, 11) is 0. The number of rotatable bonds is 5. The van der Waals surface area contributed by atoms with Gasteiger partial charge >= 0.3 is 0 Å². The standard InChI is InChI=1S/C21H20N2O4/c24-18-12-20(27-21(13-18)23-8-10-25-11-9-23)17-3-5-19(6-4-17)26-15-16-2-1-7-22-14-16/h1-7,12-14H,8-11,15H2. The van der Waals surface area contributed by atoms with E-state index < -0.39 is 0 Å². The van der Waals surface area contributed by atoms with Crippen molar-refractivity contribution < 1.29 is 13.9 Å². The Labute approximate surface area is 157 Å². The third kappa shape index (κ3) is 4.35. The SMILES string of the molecule is O=c1cc(-c2ccc(OCc3cccnc3)cc2)oc(N2CCOCC2)c1. The molecule has 0 spiro atoms. The maximum absolute atomic E-state index is 12.1. The molecule has 1 aliphatic rings. The highest BCUT2D eigenvalue weighted by Gasteiger charge is 2.15. The van der Waals surface area contributed by atoms with Gasteiger partial charge in [0.25, 0.3) is 0 Å². The van der Waals surface area contributed by atoms with Gasteiger partial charge < -0.3 is 18.8 Å². The van der Waals surface area contributed by atoms with Gasteiger partial charge in [-0.15, -0.1) is 0 Å². The van der Waals surface area contributed by atoms with E-state index in [1.807, 2.05) is 41.3 Å². The van der Waals surface area contributed by atoms with Crippen molar-refractivity contribution >= 4 is 5.88 Å². The molecule has 1 aliphatic heterocycles. The molecule has 0 bridgehead atoms. The Morgan fingerprint density at radius 3 is 2.63 bits per heavy atom. The highest BCUT2D eigenvalue weighted by molar-refractivity contribution is 5.59. The molecule has 0 saturated carbocycles. The van der Waals surface area contributed by atoms with Crippen LogP contribution in [0.4, 0.5) is 5.88 Å². The summed E-state index contributed by atoms with van der Waals surface area (Å²) in [6.45, 7) is 3.16. The highest BCUT2D eigenvalue weighted by Crippen LogP contribution is 2.25. The third-order valence-electron chi connectivity index (χ3n) is 4.34. The summed E-state index contributed by atoms with van der Waals surface area (Å²) in [4.78, 5) is 18.2. The second kappa shape index (κ2) is 8.05.